The lowest BCUT2D eigenvalue weighted by Crippen LogP contribution is -2.12. The summed E-state index contributed by atoms with van der Waals surface area (Å²) in [6.45, 7) is -0.904. The number of pyridine rings is 1. The maximum absolute atomic E-state index is 14.2. The van der Waals surface area contributed by atoms with Gasteiger partial charge in [0.2, 0.25) is 11.8 Å². The third-order valence-corrected chi connectivity index (χ3v) is 6.11. The van der Waals surface area contributed by atoms with Crippen LogP contribution in [0.2, 0.25) is 5.02 Å². The summed E-state index contributed by atoms with van der Waals surface area (Å²) in [5, 5.41) is 2.99. The van der Waals surface area contributed by atoms with Crippen LogP contribution in [0.3, 0.4) is 0 Å². The first-order valence-electron chi connectivity index (χ1n) is 11.1. The van der Waals surface area contributed by atoms with Crippen molar-refractivity contribution in [3.63, 3.8) is 0 Å². The maximum Gasteiger partial charge on any atom is 0.272 e. The lowest BCUT2D eigenvalue weighted by atomic mass is 9.89. The average Bonchev–Trinajstić information content (AvgIpc) is 3.13. The zero-order chi connectivity index (χ0) is 24.2. The highest BCUT2D eigenvalue weighted by molar-refractivity contribution is 6.33. The summed E-state index contributed by atoms with van der Waals surface area (Å²) in [4.78, 5) is 21.7. The van der Waals surface area contributed by atoms with E-state index < -0.39 is 24.6 Å². The summed E-state index contributed by atoms with van der Waals surface area (Å²) in [5.41, 5.74) is 0.653. The first-order chi connectivity index (χ1) is 16.3. The van der Waals surface area contributed by atoms with Gasteiger partial charge in [0.1, 0.15) is 11.3 Å². The highest BCUT2D eigenvalue weighted by Gasteiger charge is 2.21. The van der Waals surface area contributed by atoms with Gasteiger partial charge in [-0.25, -0.2) is 18.2 Å². The van der Waals surface area contributed by atoms with Gasteiger partial charge in [-0.15, -0.1) is 0 Å². The minimum absolute atomic E-state index is 0.0310. The SMILES string of the molecule is Cn1c(Nc2c(F)cccc2Cl)nc2cc(C(=O)C=CC3CCCCC3)c(OCC(F)F)nc21. The zero-order valence-corrected chi connectivity index (χ0v) is 19.3. The molecule has 1 aliphatic carbocycles. The third-order valence-electron chi connectivity index (χ3n) is 5.79. The Morgan fingerprint density at radius 3 is 2.76 bits per heavy atom. The van der Waals surface area contributed by atoms with E-state index in [2.05, 4.69) is 15.3 Å². The molecule has 34 heavy (non-hydrogen) atoms. The molecule has 2 heterocycles. The van der Waals surface area contributed by atoms with Crippen molar-refractivity contribution >= 4 is 40.2 Å². The number of imidazole rings is 1. The smallest absolute Gasteiger partial charge is 0.272 e. The van der Waals surface area contributed by atoms with E-state index in [-0.39, 0.29) is 33.7 Å². The average molecular weight is 493 g/mol. The standard InChI is InChI=1S/C24H24ClF3N4O2/c1-32-22-18(29-24(32)30-21-16(25)8-5-9-17(21)26)12-15(23(31-22)34-13-20(27)28)19(33)11-10-14-6-3-2-4-7-14/h5,8-12,14,20H,2-4,6-7,13H2,1H3,(H,29,30). The second-order valence-electron chi connectivity index (χ2n) is 8.22. The van der Waals surface area contributed by atoms with Crippen LogP contribution < -0.4 is 10.1 Å². The van der Waals surface area contributed by atoms with Gasteiger partial charge in [0.15, 0.2) is 18.0 Å². The van der Waals surface area contributed by atoms with Crippen molar-refractivity contribution < 1.29 is 22.7 Å². The Labute approximate surface area is 199 Å². The highest BCUT2D eigenvalue weighted by Crippen LogP contribution is 2.31. The topological polar surface area (TPSA) is 69.0 Å². The van der Waals surface area contributed by atoms with E-state index in [1.165, 1.54) is 41.3 Å². The minimum atomic E-state index is -2.73. The fourth-order valence-electron chi connectivity index (χ4n) is 4.00. The molecule has 4 rings (SSSR count). The number of halogens is 4. The van der Waals surface area contributed by atoms with E-state index in [1.54, 1.807) is 7.05 Å². The number of anilines is 2. The highest BCUT2D eigenvalue weighted by atomic mass is 35.5. The Kier molecular flexibility index (Phi) is 7.41. The molecule has 1 N–H and O–H groups in total. The Balaban J connectivity index is 1.69. The number of aromatic nitrogens is 3. The predicted octanol–water partition coefficient (Wildman–Crippen LogP) is 6.47. The Morgan fingerprint density at radius 2 is 2.06 bits per heavy atom. The van der Waals surface area contributed by atoms with Gasteiger partial charge in [-0.3, -0.25) is 9.36 Å². The van der Waals surface area contributed by atoms with E-state index in [0.29, 0.717) is 11.4 Å². The third kappa shape index (κ3) is 5.35. The number of para-hydroxylation sites is 1. The second kappa shape index (κ2) is 10.5. The van der Waals surface area contributed by atoms with Crippen LogP contribution in [0.25, 0.3) is 11.2 Å². The van der Waals surface area contributed by atoms with Crippen molar-refractivity contribution in [3.05, 3.63) is 52.8 Å². The maximum atomic E-state index is 14.2. The number of alkyl halides is 2. The van der Waals surface area contributed by atoms with Crippen molar-refractivity contribution in [1.82, 2.24) is 14.5 Å². The molecule has 180 valence electrons. The Bertz CT molecular complexity index is 1200. The minimum Gasteiger partial charge on any atom is -0.471 e. The molecule has 0 atom stereocenters. The Hall–Kier alpha value is -3.07. The molecule has 0 bridgehead atoms. The van der Waals surface area contributed by atoms with Crippen molar-refractivity contribution in [3.8, 4) is 5.88 Å². The molecule has 10 heteroatoms. The molecule has 1 aromatic carbocycles. The summed E-state index contributed by atoms with van der Waals surface area (Å²) in [7, 11) is 1.61. The van der Waals surface area contributed by atoms with Crippen LogP contribution in [0.4, 0.5) is 24.8 Å². The van der Waals surface area contributed by atoms with Crippen LogP contribution in [0.15, 0.2) is 36.4 Å². The molecule has 2 aromatic heterocycles. The number of carbonyl (C=O) groups excluding carboxylic acids is 1. The summed E-state index contributed by atoms with van der Waals surface area (Å²) >= 11 is 6.09. The van der Waals surface area contributed by atoms with Crippen LogP contribution >= 0.6 is 11.6 Å². The van der Waals surface area contributed by atoms with Gasteiger partial charge in [-0.1, -0.05) is 43.0 Å². The number of nitrogens with zero attached hydrogens (tertiary/aromatic N) is 3. The molecule has 0 saturated heterocycles. The van der Waals surface area contributed by atoms with Gasteiger partial charge in [0.05, 0.1) is 16.3 Å². The fraction of sp³-hybridized carbons (Fsp3) is 0.375. The first-order valence-corrected chi connectivity index (χ1v) is 11.4. The monoisotopic (exact) mass is 492 g/mol. The molecular formula is C24H24ClF3N4O2. The zero-order valence-electron chi connectivity index (χ0n) is 18.5. The summed E-state index contributed by atoms with van der Waals surface area (Å²) < 4.78 is 46.6. The number of ether oxygens (including phenoxy) is 1. The van der Waals surface area contributed by atoms with E-state index in [9.17, 15) is 18.0 Å². The number of allylic oxidation sites excluding steroid dienone is 2. The van der Waals surface area contributed by atoms with Gasteiger partial charge in [0, 0.05) is 7.05 Å². The molecule has 1 fully saturated rings. The van der Waals surface area contributed by atoms with Gasteiger partial charge in [0.25, 0.3) is 6.43 Å². The number of carbonyl (C=O) groups is 1. The van der Waals surface area contributed by atoms with Gasteiger partial charge in [-0.2, -0.15) is 4.98 Å². The van der Waals surface area contributed by atoms with Crippen LogP contribution in [-0.2, 0) is 7.05 Å². The number of hydrogen-bond acceptors (Lipinski definition) is 5. The lowest BCUT2D eigenvalue weighted by Gasteiger charge is -2.17. The molecule has 3 aromatic rings. The van der Waals surface area contributed by atoms with Crippen LogP contribution in [0.5, 0.6) is 5.88 Å². The van der Waals surface area contributed by atoms with E-state index in [0.717, 1.165) is 25.7 Å². The number of ketones is 1. The molecule has 6 nitrogen and oxygen atoms in total. The number of hydrogen-bond donors (Lipinski definition) is 1. The van der Waals surface area contributed by atoms with Crippen LogP contribution in [0.1, 0.15) is 42.5 Å². The number of fused-ring (bicyclic) bond motifs is 1. The fourth-order valence-corrected chi connectivity index (χ4v) is 4.21. The van der Waals surface area contributed by atoms with Gasteiger partial charge < -0.3 is 10.1 Å². The second-order valence-corrected chi connectivity index (χ2v) is 8.63. The largest absolute Gasteiger partial charge is 0.471 e. The molecule has 0 aliphatic heterocycles. The molecule has 0 unspecified atom stereocenters. The summed E-state index contributed by atoms with van der Waals surface area (Å²) in [5.74, 6) is -0.657. The normalized spacial score (nSPS) is 14.9. The van der Waals surface area contributed by atoms with Crippen molar-refractivity contribution in [1.29, 1.82) is 0 Å². The molecule has 1 aliphatic rings. The van der Waals surface area contributed by atoms with Gasteiger partial charge in [-0.05, 0) is 43.0 Å². The van der Waals surface area contributed by atoms with Crippen molar-refractivity contribution in [2.24, 2.45) is 13.0 Å². The molecule has 0 spiro atoms. The number of aryl methyl sites for hydroxylation is 1. The predicted molar refractivity (Wildman–Crippen MR) is 125 cm³/mol. The van der Waals surface area contributed by atoms with Crippen molar-refractivity contribution in [2.75, 3.05) is 11.9 Å². The van der Waals surface area contributed by atoms with Crippen LogP contribution in [-0.4, -0.2) is 33.4 Å². The Morgan fingerprint density at radius 1 is 1.29 bits per heavy atom. The molecule has 1 saturated carbocycles. The van der Waals surface area contributed by atoms with E-state index in [1.807, 2.05) is 6.08 Å². The molecule has 0 radical (unpaired) electrons. The number of benzene rings is 1. The van der Waals surface area contributed by atoms with Crippen LogP contribution in [0, 0.1) is 11.7 Å². The summed E-state index contributed by atoms with van der Waals surface area (Å²) in [6, 6.07) is 5.70. The first kappa shape index (κ1) is 24.1. The van der Waals surface area contributed by atoms with Crippen molar-refractivity contribution in [2.45, 2.75) is 38.5 Å². The lowest BCUT2D eigenvalue weighted by molar-refractivity contribution is 0.0783. The summed E-state index contributed by atoms with van der Waals surface area (Å²) in [6.07, 6.45) is 6.06. The molecule has 0 amide bonds. The number of rotatable bonds is 8. The van der Waals surface area contributed by atoms with E-state index >= 15 is 0 Å². The quantitative estimate of drug-likeness (QED) is 0.288. The van der Waals surface area contributed by atoms with E-state index in [4.69, 9.17) is 16.3 Å². The number of nitrogens with one attached hydrogen (secondary N) is 1. The van der Waals surface area contributed by atoms with Gasteiger partial charge >= 0.3 is 0 Å². The molecular weight excluding hydrogens is 469 g/mol.